The first-order valence-corrected chi connectivity index (χ1v) is 8.43. The number of nitrogens with two attached hydrogens (primary N) is 1. The average molecular weight is 247 g/mol. The van der Waals surface area contributed by atoms with Crippen LogP contribution < -0.4 is 5.73 Å². The van der Waals surface area contributed by atoms with Crippen LogP contribution in [0.5, 0.6) is 0 Å². The van der Waals surface area contributed by atoms with Gasteiger partial charge in [0.25, 0.3) is 0 Å². The molecule has 0 aromatic heterocycles. The van der Waals surface area contributed by atoms with Crippen LogP contribution >= 0.6 is 0 Å². The van der Waals surface area contributed by atoms with Crippen LogP contribution in [0.25, 0.3) is 0 Å². The molecule has 0 aromatic rings. The molecule has 0 aliphatic carbocycles. The predicted octanol–water partition coefficient (Wildman–Crippen LogP) is 2.20. The molecule has 0 saturated carbocycles. The van der Waals surface area contributed by atoms with Crippen LogP contribution in [0.1, 0.15) is 34.6 Å². The first-order valence-electron chi connectivity index (χ1n) is 5.52. The average Bonchev–Trinajstić information content (AvgIpc) is 2.00. The van der Waals surface area contributed by atoms with Gasteiger partial charge in [-0.1, -0.05) is 20.8 Å². The molecular weight excluding hydrogens is 222 g/mol. The third kappa shape index (κ3) is 3.30. The molecular formula is C11H25NO3Si. The Morgan fingerprint density at radius 2 is 1.69 bits per heavy atom. The van der Waals surface area contributed by atoms with Gasteiger partial charge in [0.15, 0.2) is 8.32 Å². The summed E-state index contributed by atoms with van der Waals surface area (Å²) in [5.74, 6) is -1.03. The largest absolute Gasteiger partial charge is 0.480 e. The van der Waals surface area contributed by atoms with Gasteiger partial charge in [-0.2, -0.15) is 0 Å². The lowest BCUT2D eigenvalue weighted by molar-refractivity contribution is -0.146. The lowest BCUT2D eigenvalue weighted by Crippen LogP contribution is -2.58. The fraction of sp³-hybridized carbons (Fsp3) is 0.909. The van der Waals surface area contributed by atoms with Gasteiger partial charge in [-0.15, -0.1) is 0 Å². The number of carboxylic acids is 1. The summed E-state index contributed by atoms with van der Waals surface area (Å²) >= 11 is 0. The van der Waals surface area contributed by atoms with E-state index < -0.39 is 25.9 Å². The quantitative estimate of drug-likeness (QED) is 0.747. The molecule has 0 radical (unpaired) electrons. The Morgan fingerprint density at radius 3 is 1.94 bits per heavy atom. The maximum Gasteiger partial charge on any atom is 0.326 e. The van der Waals surface area contributed by atoms with Crippen molar-refractivity contribution in [3.05, 3.63) is 0 Å². The van der Waals surface area contributed by atoms with Gasteiger partial charge in [0.05, 0.1) is 6.10 Å². The number of carboxylic acid groups (broad SMARTS) is 1. The van der Waals surface area contributed by atoms with E-state index in [1.54, 1.807) is 6.92 Å². The van der Waals surface area contributed by atoms with E-state index in [9.17, 15) is 4.79 Å². The fourth-order valence-electron chi connectivity index (χ4n) is 0.915. The molecule has 0 heterocycles. The molecule has 2 atom stereocenters. The van der Waals surface area contributed by atoms with E-state index in [-0.39, 0.29) is 5.04 Å². The van der Waals surface area contributed by atoms with Crippen molar-refractivity contribution in [1.82, 2.24) is 0 Å². The zero-order chi connectivity index (χ0) is 13.4. The molecule has 5 heteroatoms. The zero-order valence-corrected chi connectivity index (χ0v) is 12.4. The first kappa shape index (κ1) is 15.6. The lowest BCUT2D eigenvalue weighted by atomic mass is 9.98. The number of hydrogen-bond acceptors (Lipinski definition) is 3. The van der Waals surface area contributed by atoms with Crippen LogP contribution in [0.4, 0.5) is 0 Å². The van der Waals surface area contributed by atoms with Gasteiger partial charge in [-0.25, -0.2) is 0 Å². The third-order valence-electron chi connectivity index (χ3n) is 3.58. The standard InChI is InChI=1S/C11H25NO3Si/c1-8(11(5,12)9(13)14)15-16(6,7)10(2,3)4/h8H,12H2,1-7H3,(H,13,14)/t8-,11?/m1/s1. The highest BCUT2D eigenvalue weighted by atomic mass is 28.4. The lowest BCUT2D eigenvalue weighted by Gasteiger charge is -2.41. The summed E-state index contributed by atoms with van der Waals surface area (Å²) in [5, 5.41) is 9.07. The normalized spacial score (nSPS) is 19.0. The van der Waals surface area contributed by atoms with E-state index in [4.69, 9.17) is 15.3 Å². The van der Waals surface area contributed by atoms with Crippen molar-refractivity contribution in [2.24, 2.45) is 5.73 Å². The van der Waals surface area contributed by atoms with Gasteiger partial charge in [0.2, 0.25) is 0 Å². The van der Waals surface area contributed by atoms with Crippen molar-refractivity contribution < 1.29 is 14.3 Å². The van der Waals surface area contributed by atoms with Crippen LogP contribution in [-0.4, -0.2) is 31.0 Å². The Labute approximate surface area is 99.3 Å². The number of carbonyl (C=O) groups is 1. The molecule has 0 aromatic carbocycles. The Bertz CT molecular complexity index is 269. The van der Waals surface area contributed by atoms with Crippen LogP contribution in [-0.2, 0) is 9.22 Å². The van der Waals surface area contributed by atoms with E-state index in [1.165, 1.54) is 6.92 Å². The van der Waals surface area contributed by atoms with Gasteiger partial charge in [0, 0.05) is 0 Å². The van der Waals surface area contributed by atoms with E-state index in [0.717, 1.165) is 0 Å². The number of aliphatic carboxylic acids is 1. The van der Waals surface area contributed by atoms with Gasteiger partial charge in [-0.05, 0) is 32.0 Å². The van der Waals surface area contributed by atoms with E-state index >= 15 is 0 Å². The minimum absolute atomic E-state index is 0.0514. The molecule has 0 aliphatic heterocycles. The monoisotopic (exact) mass is 247 g/mol. The minimum Gasteiger partial charge on any atom is -0.480 e. The van der Waals surface area contributed by atoms with Gasteiger partial charge in [0.1, 0.15) is 5.54 Å². The van der Waals surface area contributed by atoms with Crippen molar-refractivity contribution in [3.8, 4) is 0 Å². The molecule has 16 heavy (non-hydrogen) atoms. The topological polar surface area (TPSA) is 72.5 Å². The molecule has 0 fully saturated rings. The Hall–Kier alpha value is -0.393. The summed E-state index contributed by atoms with van der Waals surface area (Å²) in [5.41, 5.74) is 4.41. The van der Waals surface area contributed by atoms with Crippen molar-refractivity contribution >= 4 is 14.3 Å². The van der Waals surface area contributed by atoms with E-state index in [2.05, 4.69) is 33.9 Å². The number of hydrogen-bond donors (Lipinski definition) is 2. The van der Waals surface area contributed by atoms with Crippen LogP contribution in [0.3, 0.4) is 0 Å². The van der Waals surface area contributed by atoms with Crippen LogP contribution in [0.2, 0.25) is 18.1 Å². The van der Waals surface area contributed by atoms with Crippen molar-refractivity contribution in [2.75, 3.05) is 0 Å². The van der Waals surface area contributed by atoms with Gasteiger partial charge in [-0.3, -0.25) is 4.79 Å². The summed E-state index contributed by atoms with van der Waals surface area (Å²) < 4.78 is 5.96. The Kier molecular flexibility index (Phi) is 4.36. The van der Waals surface area contributed by atoms with E-state index in [0.29, 0.717) is 0 Å². The fourth-order valence-corrected chi connectivity index (χ4v) is 2.40. The maximum absolute atomic E-state index is 11.0. The summed E-state index contributed by atoms with van der Waals surface area (Å²) in [7, 11) is -1.97. The third-order valence-corrected chi connectivity index (χ3v) is 8.14. The van der Waals surface area contributed by atoms with Crippen molar-refractivity contribution in [3.63, 3.8) is 0 Å². The molecule has 0 saturated heterocycles. The van der Waals surface area contributed by atoms with Gasteiger partial charge >= 0.3 is 5.97 Å². The summed E-state index contributed by atoms with van der Waals surface area (Å²) in [6.45, 7) is 13.7. The molecule has 0 bridgehead atoms. The van der Waals surface area contributed by atoms with Gasteiger partial charge < -0.3 is 15.3 Å². The molecule has 1 unspecified atom stereocenters. The maximum atomic E-state index is 11.0. The second kappa shape index (κ2) is 4.47. The molecule has 0 spiro atoms. The summed E-state index contributed by atoms with van der Waals surface area (Å²) in [6.07, 6.45) is -0.495. The molecule has 0 rings (SSSR count). The Morgan fingerprint density at radius 1 is 1.31 bits per heavy atom. The minimum atomic E-state index is -1.97. The smallest absolute Gasteiger partial charge is 0.326 e. The highest BCUT2D eigenvalue weighted by Crippen LogP contribution is 2.38. The highest BCUT2D eigenvalue weighted by Gasteiger charge is 2.44. The van der Waals surface area contributed by atoms with Crippen molar-refractivity contribution in [1.29, 1.82) is 0 Å². The number of rotatable bonds is 4. The zero-order valence-electron chi connectivity index (χ0n) is 11.4. The molecule has 0 aliphatic rings. The summed E-state index contributed by atoms with van der Waals surface area (Å²) in [4.78, 5) is 11.0. The molecule has 4 nitrogen and oxygen atoms in total. The molecule has 3 N–H and O–H groups in total. The van der Waals surface area contributed by atoms with Crippen molar-refractivity contribution in [2.45, 2.75) is 64.4 Å². The first-order chi connectivity index (χ1) is 6.82. The second-order valence-electron chi connectivity index (χ2n) is 6.11. The molecule has 96 valence electrons. The van der Waals surface area contributed by atoms with E-state index in [1.807, 2.05) is 0 Å². The molecule has 0 amide bonds. The second-order valence-corrected chi connectivity index (χ2v) is 10.9. The highest BCUT2D eigenvalue weighted by molar-refractivity contribution is 6.74. The van der Waals surface area contributed by atoms with Crippen LogP contribution in [0.15, 0.2) is 0 Å². The van der Waals surface area contributed by atoms with Crippen LogP contribution in [0, 0.1) is 0 Å². The summed E-state index contributed by atoms with van der Waals surface area (Å²) in [6, 6.07) is 0. The SMILES string of the molecule is C[C@@H](O[Si](C)(C)C(C)(C)C)C(C)(N)C(=O)O. The predicted molar refractivity (Wildman–Crippen MR) is 68.0 cm³/mol. The Balaban J connectivity index is 4.82.